The number of unbranched alkanes of at least 4 members (excludes halogenated alkanes) is 1. The second kappa shape index (κ2) is 7.10. The van der Waals surface area contributed by atoms with Crippen LogP contribution in [0.15, 0.2) is 24.3 Å². The standard InChI is InChI=1S/C15H22O2/c1-4-5-10-17-15(16)14-8-6-13(7-9-14)11-12(2)3/h6-9,12H,4-5,10-11H2,1-3H3. The predicted octanol–water partition coefficient (Wildman–Crippen LogP) is 3.84. The lowest BCUT2D eigenvalue weighted by Gasteiger charge is -2.06. The fourth-order valence-corrected chi connectivity index (χ4v) is 1.64. The second-order valence-corrected chi connectivity index (χ2v) is 4.78. The molecule has 0 heterocycles. The van der Waals surface area contributed by atoms with Gasteiger partial charge in [0.1, 0.15) is 0 Å². The Labute approximate surface area is 104 Å². The monoisotopic (exact) mass is 234 g/mol. The van der Waals surface area contributed by atoms with E-state index in [-0.39, 0.29) is 5.97 Å². The molecule has 94 valence electrons. The summed E-state index contributed by atoms with van der Waals surface area (Å²) >= 11 is 0. The van der Waals surface area contributed by atoms with Crippen molar-refractivity contribution in [1.82, 2.24) is 0 Å². The molecule has 0 aliphatic rings. The van der Waals surface area contributed by atoms with Crippen molar-refractivity contribution in [1.29, 1.82) is 0 Å². The normalized spacial score (nSPS) is 10.6. The highest BCUT2D eigenvalue weighted by Crippen LogP contribution is 2.10. The van der Waals surface area contributed by atoms with Gasteiger partial charge in [0.05, 0.1) is 12.2 Å². The van der Waals surface area contributed by atoms with Crippen molar-refractivity contribution in [3.63, 3.8) is 0 Å². The summed E-state index contributed by atoms with van der Waals surface area (Å²) in [5.41, 5.74) is 1.92. The summed E-state index contributed by atoms with van der Waals surface area (Å²) < 4.78 is 5.15. The molecule has 0 unspecified atom stereocenters. The number of carbonyl (C=O) groups excluding carboxylic acids is 1. The molecule has 0 saturated heterocycles. The van der Waals surface area contributed by atoms with E-state index in [1.54, 1.807) is 0 Å². The largest absolute Gasteiger partial charge is 0.462 e. The zero-order chi connectivity index (χ0) is 12.7. The first kappa shape index (κ1) is 13.8. The van der Waals surface area contributed by atoms with E-state index in [4.69, 9.17) is 4.74 Å². The van der Waals surface area contributed by atoms with Crippen LogP contribution in [0.4, 0.5) is 0 Å². The highest BCUT2D eigenvalue weighted by molar-refractivity contribution is 5.89. The maximum Gasteiger partial charge on any atom is 0.338 e. The minimum Gasteiger partial charge on any atom is -0.462 e. The maximum absolute atomic E-state index is 11.6. The Kier molecular flexibility index (Phi) is 5.75. The average molecular weight is 234 g/mol. The van der Waals surface area contributed by atoms with Crippen molar-refractivity contribution in [3.8, 4) is 0 Å². The van der Waals surface area contributed by atoms with Gasteiger partial charge in [-0.2, -0.15) is 0 Å². The smallest absolute Gasteiger partial charge is 0.338 e. The summed E-state index contributed by atoms with van der Waals surface area (Å²) in [6.07, 6.45) is 3.02. The van der Waals surface area contributed by atoms with Gasteiger partial charge < -0.3 is 4.74 Å². The van der Waals surface area contributed by atoms with Crippen molar-refractivity contribution in [3.05, 3.63) is 35.4 Å². The SMILES string of the molecule is CCCCOC(=O)c1ccc(CC(C)C)cc1. The molecule has 2 heteroatoms. The minimum absolute atomic E-state index is 0.213. The quantitative estimate of drug-likeness (QED) is 0.552. The molecule has 0 aliphatic carbocycles. The van der Waals surface area contributed by atoms with Crippen LogP contribution in [0.1, 0.15) is 49.5 Å². The third kappa shape index (κ3) is 5.03. The van der Waals surface area contributed by atoms with Crippen molar-refractivity contribution in [2.24, 2.45) is 5.92 Å². The third-order valence-electron chi connectivity index (χ3n) is 2.56. The first-order valence-corrected chi connectivity index (χ1v) is 6.39. The van der Waals surface area contributed by atoms with Crippen LogP contribution in [0.2, 0.25) is 0 Å². The van der Waals surface area contributed by atoms with Crippen LogP contribution in [0.3, 0.4) is 0 Å². The van der Waals surface area contributed by atoms with Gasteiger partial charge in [-0.3, -0.25) is 0 Å². The molecule has 0 N–H and O–H groups in total. The number of hydrogen-bond donors (Lipinski definition) is 0. The molecular weight excluding hydrogens is 212 g/mol. The third-order valence-corrected chi connectivity index (χ3v) is 2.56. The first-order chi connectivity index (χ1) is 8.13. The molecule has 17 heavy (non-hydrogen) atoms. The van der Waals surface area contributed by atoms with E-state index in [1.165, 1.54) is 5.56 Å². The molecule has 0 atom stereocenters. The Morgan fingerprint density at radius 1 is 1.24 bits per heavy atom. The molecule has 0 spiro atoms. The van der Waals surface area contributed by atoms with Gasteiger partial charge in [-0.05, 0) is 36.5 Å². The number of ether oxygens (including phenoxy) is 1. The van der Waals surface area contributed by atoms with Gasteiger partial charge in [-0.25, -0.2) is 4.79 Å². The van der Waals surface area contributed by atoms with Gasteiger partial charge in [0.15, 0.2) is 0 Å². The summed E-state index contributed by atoms with van der Waals surface area (Å²) in [6, 6.07) is 7.73. The van der Waals surface area contributed by atoms with E-state index < -0.39 is 0 Å². The zero-order valence-electron chi connectivity index (χ0n) is 11.0. The lowest BCUT2D eigenvalue weighted by atomic mass is 10.0. The summed E-state index contributed by atoms with van der Waals surface area (Å²) in [5.74, 6) is 0.423. The Hall–Kier alpha value is -1.31. The van der Waals surface area contributed by atoms with Crippen LogP contribution in [0.5, 0.6) is 0 Å². The van der Waals surface area contributed by atoms with Gasteiger partial charge in [0, 0.05) is 0 Å². The Morgan fingerprint density at radius 3 is 2.41 bits per heavy atom. The molecule has 0 bridgehead atoms. The summed E-state index contributed by atoms with van der Waals surface area (Å²) in [7, 11) is 0. The average Bonchev–Trinajstić information content (AvgIpc) is 2.29. The van der Waals surface area contributed by atoms with Gasteiger partial charge in [-0.15, -0.1) is 0 Å². The lowest BCUT2D eigenvalue weighted by molar-refractivity contribution is 0.0500. The van der Waals surface area contributed by atoms with E-state index >= 15 is 0 Å². The maximum atomic E-state index is 11.6. The van der Waals surface area contributed by atoms with E-state index in [2.05, 4.69) is 20.8 Å². The van der Waals surface area contributed by atoms with Gasteiger partial charge in [-0.1, -0.05) is 39.3 Å². The molecule has 0 aromatic heterocycles. The first-order valence-electron chi connectivity index (χ1n) is 6.39. The minimum atomic E-state index is -0.213. The Bertz CT molecular complexity index is 338. The fourth-order valence-electron chi connectivity index (χ4n) is 1.64. The molecule has 0 saturated carbocycles. The van der Waals surface area contributed by atoms with Crippen molar-refractivity contribution in [2.45, 2.75) is 40.0 Å². The highest BCUT2D eigenvalue weighted by Gasteiger charge is 2.06. The van der Waals surface area contributed by atoms with Gasteiger partial charge in [0.2, 0.25) is 0 Å². The molecular formula is C15H22O2. The van der Waals surface area contributed by atoms with Crippen LogP contribution >= 0.6 is 0 Å². The molecule has 0 radical (unpaired) electrons. The van der Waals surface area contributed by atoms with Crippen molar-refractivity contribution < 1.29 is 9.53 Å². The molecule has 0 fully saturated rings. The van der Waals surface area contributed by atoms with E-state index in [1.807, 2.05) is 24.3 Å². The number of rotatable bonds is 6. The summed E-state index contributed by atoms with van der Waals surface area (Å²) in [5, 5.41) is 0. The van der Waals surface area contributed by atoms with Crippen LogP contribution < -0.4 is 0 Å². The van der Waals surface area contributed by atoms with Crippen molar-refractivity contribution in [2.75, 3.05) is 6.61 Å². The van der Waals surface area contributed by atoms with Crippen LogP contribution in [0.25, 0.3) is 0 Å². The molecule has 1 rings (SSSR count). The fraction of sp³-hybridized carbons (Fsp3) is 0.533. The number of benzene rings is 1. The Morgan fingerprint density at radius 2 is 1.88 bits per heavy atom. The molecule has 1 aromatic carbocycles. The number of esters is 1. The van der Waals surface area contributed by atoms with Crippen molar-refractivity contribution >= 4 is 5.97 Å². The Balaban J connectivity index is 2.52. The van der Waals surface area contributed by atoms with E-state index in [0.29, 0.717) is 18.1 Å². The molecule has 0 amide bonds. The molecule has 0 aliphatic heterocycles. The van der Waals surface area contributed by atoms with Gasteiger partial charge in [0.25, 0.3) is 0 Å². The van der Waals surface area contributed by atoms with Gasteiger partial charge >= 0.3 is 5.97 Å². The molecule has 1 aromatic rings. The topological polar surface area (TPSA) is 26.3 Å². The summed E-state index contributed by atoms with van der Waals surface area (Å²) in [4.78, 5) is 11.6. The predicted molar refractivity (Wildman–Crippen MR) is 70.2 cm³/mol. The van der Waals surface area contributed by atoms with Crippen LogP contribution in [0, 0.1) is 5.92 Å². The zero-order valence-corrected chi connectivity index (χ0v) is 11.0. The molecule has 2 nitrogen and oxygen atoms in total. The summed E-state index contributed by atoms with van der Waals surface area (Å²) in [6.45, 7) is 6.97. The number of carbonyl (C=O) groups is 1. The highest BCUT2D eigenvalue weighted by atomic mass is 16.5. The lowest BCUT2D eigenvalue weighted by Crippen LogP contribution is -2.06. The van der Waals surface area contributed by atoms with Crippen LogP contribution in [-0.4, -0.2) is 12.6 Å². The van der Waals surface area contributed by atoms with E-state index in [9.17, 15) is 4.79 Å². The number of hydrogen-bond acceptors (Lipinski definition) is 2. The van der Waals surface area contributed by atoms with E-state index in [0.717, 1.165) is 19.3 Å². The second-order valence-electron chi connectivity index (χ2n) is 4.78. The van der Waals surface area contributed by atoms with Crippen LogP contribution in [-0.2, 0) is 11.2 Å².